The lowest BCUT2D eigenvalue weighted by Crippen LogP contribution is -2.11. The molecule has 0 aromatic rings. The standard InChI is InChI=1S/C7H10O/c1-2-6-4-5-7(3-1)8-6/h1-2,6-7H,3-5H2. The van der Waals surface area contributed by atoms with E-state index in [4.69, 9.17) is 4.74 Å². The molecule has 0 radical (unpaired) electrons. The maximum atomic E-state index is 5.51. The van der Waals surface area contributed by atoms with Crippen LogP contribution >= 0.6 is 0 Å². The van der Waals surface area contributed by atoms with Gasteiger partial charge in [-0.15, -0.1) is 0 Å². The molecule has 0 spiro atoms. The third-order valence-corrected chi connectivity index (χ3v) is 1.89. The molecule has 2 heterocycles. The first-order chi connectivity index (χ1) is 3.95. The summed E-state index contributed by atoms with van der Waals surface area (Å²) >= 11 is 0. The molecule has 1 nitrogen and oxygen atoms in total. The van der Waals surface area contributed by atoms with Crippen molar-refractivity contribution in [2.75, 3.05) is 0 Å². The first kappa shape index (κ1) is 4.57. The number of hydrogen-bond acceptors (Lipinski definition) is 1. The van der Waals surface area contributed by atoms with Crippen LogP contribution in [0.3, 0.4) is 0 Å². The molecular weight excluding hydrogens is 100 g/mol. The molecule has 44 valence electrons. The topological polar surface area (TPSA) is 9.23 Å². The minimum Gasteiger partial charge on any atom is -0.371 e. The molecule has 0 aliphatic carbocycles. The summed E-state index contributed by atoms with van der Waals surface area (Å²) in [6.07, 6.45) is 9.16. The van der Waals surface area contributed by atoms with E-state index in [1.54, 1.807) is 0 Å². The molecular formula is C7H10O. The molecule has 2 aliphatic heterocycles. The fourth-order valence-electron chi connectivity index (χ4n) is 1.43. The Morgan fingerprint density at radius 2 is 2.38 bits per heavy atom. The summed E-state index contributed by atoms with van der Waals surface area (Å²) < 4.78 is 5.51. The second-order valence-electron chi connectivity index (χ2n) is 2.54. The Morgan fingerprint density at radius 1 is 1.38 bits per heavy atom. The third-order valence-electron chi connectivity index (χ3n) is 1.89. The molecule has 1 heteroatoms. The maximum Gasteiger partial charge on any atom is 0.0760 e. The Bertz CT molecular complexity index is 118. The SMILES string of the molecule is C1=CC2CCC(C1)O2. The fourth-order valence-corrected chi connectivity index (χ4v) is 1.43. The molecule has 8 heavy (non-hydrogen) atoms. The summed E-state index contributed by atoms with van der Waals surface area (Å²) in [5.41, 5.74) is 0. The average molecular weight is 110 g/mol. The zero-order valence-electron chi connectivity index (χ0n) is 4.84. The van der Waals surface area contributed by atoms with Gasteiger partial charge >= 0.3 is 0 Å². The Balaban J connectivity index is 2.17. The first-order valence-corrected chi connectivity index (χ1v) is 3.27. The second-order valence-corrected chi connectivity index (χ2v) is 2.54. The zero-order valence-corrected chi connectivity index (χ0v) is 4.84. The van der Waals surface area contributed by atoms with Crippen LogP contribution < -0.4 is 0 Å². The van der Waals surface area contributed by atoms with Gasteiger partial charge in [0.2, 0.25) is 0 Å². The van der Waals surface area contributed by atoms with Crippen molar-refractivity contribution in [3.05, 3.63) is 12.2 Å². The Hall–Kier alpha value is -0.300. The molecule has 2 aliphatic rings. The van der Waals surface area contributed by atoms with E-state index < -0.39 is 0 Å². The predicted molar refractivity (Wildman–Crippen MR) is 31.7 cm³/mol. The summed E-state index contributed by atoms with van der Waals surface area (Å²) in [5.74, 6) is 0. The molecule has 2 atom stereocenters. The number of hydrogen-bond donors (Lipinski definition) is 0. The van der Waals surface area contributed by atoms with Crippen LogP contribution in [0.1, 0.15) is 19.3 Å². The molecule has 2 bridgehead atoms. The Labute approximate surface area is 49.3 Å². The van der Waals surface area contributed by atoms with E-state index in [1.165, 1.54) is 12.8 Å². The van der Waals surface area contributed by atoms with Crippen molar-refractivity contribution in [3.63, 3.8) is 0 Å². The van der Waals surface area contributed by atoms with E-state index >= 15 is 0 Å². The summed E-state index contributed by atoms with van der Waals surface area (Å²) in [5, 5.41) is 0. The van der Waals surface area contributed by atoms with Gasteiger partial charge < -0.3 is 4.74 Å². The molecule has 0 aromatic heterocycles. The van der Waals surface area contributed by atoms with Crippen LogP contribution in [-0.4, -0.2) is 12.2 Å². The van der Waals surface area contributed by atoms with Crippen LogP contribution in [0.15, 0.2) is 12.2 Å². The fraction of sp³-hybridized carbons (Fsp3) is 0.714. The van der Waals surface area contributed by atoms with E-state index in [-0.39, 0.29) is 0 Å². The molecule has 2 unspecified atom stereocenters. The van der Waals surface area contributed by atoms with Crippen molar-refractivity contribution in [2.24, 2.45) is 0 Å². The minimum absolute atomic E-state index is 0.480. The zero-order chi connectivity index (χ0) is 5.40. The number of rotatable bonds is 0. The van der Waals surface area contributed by atoms with Gasteiger partial charge in [-0.25, -0.2) is 0 Å². The predicted octanol–water partition coefficient (Wildman–Crippen LogP) is 1.49. The van der Waals surface area contributed by atoms with Crippen molar-refractivity contribution < 1.29 is 4.74 Å². The maximum absolute atomic E-state index is 5.51. The van der Waals surface area contributed by atoms with E-state index in [1.807, 2.05) is 0 Å². The van der Waals surface area contributed by atoms with Crippen LogP contribution in [0.4, 0.5) is 0 Å². The second kappa shape index (κ2) is 1.59. The van der Waals surface area contributed by atoms with Crippen LogP contribution in [0.5, 0.6) is 0 Å². The van der Waals surface area contributed by atoms with Gasteiger partial charge in [-0.05, 0) is 19.3 Å². The van der Waals surface area contributed by atoms with Gasteiger partial charge in [0.05, 0.1) is 12.2 Å². The Morgan fingerprint density at radius 3 is 3.12 bits per heavy atom. The molecule has 0 aromatic carbocycles. The summed E-state index contributed by atoms with van der Waals surface area (Å²) in [6.45, 7) is 0. The molecule has 1 saturated heterocycles. The van der Waals surface area contributed by atoms with Crippen LogP contribution in [-0.2, 0) is 4.74 Å². The summed E-state index contributed by atoms with van der Waals surface area (Å²) in [7, 11) is 0. The first-order valence-electron chi connectivity index (χ1n) is 3.27. The van der Waals surface area contributed by atoms with E-state index in [2.05, 4.69) is 12.2 Å². The smallest absolute Gasteiger partial charge is 0.0760 e. The lowest BCUT2D eigenvalue weighted by Gasteiger charge is -2.12. The van der Waals surface area contributed by atoms with Gasteiger partial charge in [-0.2, -0.15) is 0 Å². The highest BCUT2D eigenvalue weighted by Gasteiger charge is 2.24. The van der Waals surface area contributed by atoms with Crippen LogP contribution in [0.25, 0.3) is 0 Å². The molecule has 0 saturated carbocycles. The Kier molecular flexibility index (Phi) is 0.908. The summed E-state index contributed by atoms with van der Waals surface area (Å²) in [6, 6.07) is 0. The van der Waals surface area contributed by atoms with E-state index in [0.29, 0.717) is 12.2 Å². The highest BCUT2D eigenvalue weighted by molar-refractivity contribution is 5.00. The summed E-state index contributed by atoms with van der Waals surface area (Å²) in [4.78, 5) is 0. The van der Waals surface area contributed by atoms with Gasteiger partial charge in [-0.1, -0.05) is 12.2 Å². The largest absolute Gasteiger partial charge is 0.371 e. The van der Waals surface area contributed by atoms with Gasteiger partial charge in [0.25, 0.3) is 0 Å². The molecule has 2 rings (SSSR count). The normalized spacial score (nSPS) is 43.0. The van der Waals surface area contributed by atoms with Crippen molar-refractivity contribution in [3.8, 4) is 0 Å². The molecule has 0 N–H and O–H groups in total. The van der Waals surface area contributed by atoms with Gasteiger partial charge in [0.15, 0.2) is 0 Å². The number of fused-ring (bicyclic) bond motifs is 2. The number of ether oxygens (including phenoxy) is 1. The van der Waals surface area contributed by atoms with Crippen molar-refractivity contribution in [2.45, 2.75) is 31.5 Å². The third kappa shape index (κ3) is 0.583. The lowest BCUT2D eigenvalue weighted by molar-refractivity contribution is 0.0642. The van der Waals surface area contributed by atoms with Crippen LogP contribution in [0.2, 0.25) is 0 Å². The van der Waals surface area contributed by atoms with Crippen molar-refractivity contribution in [1.29, 1.82) is 0 Å². The lowest BCUT2D eigenvalue weighted by atomic mass is 10.2. The van der Waals surface area contributed by atoms with E-state index in [0.717, 1.165) is 6.42 Å². The monoisotopic (exact) mass is 110 g/mol. The molecule has 1 fully saturated rings. The molecule has 0 amide bonds. The van der Waals surface area contributed by atoms with Crippen LogP contribution in [0, 0.1) is 0 Å². The minimum atomic E-state index is 0.480. The van der Waals surface area contributed by atoms with Gasteiger partial charge in [-0.3, -0.25) is 0 Å². The van der Waals surface area contributed by atoms with Gasteiger partial charge in [0, 0.05) is 0 Å². The van der Waals surface area contributed by atoms with Gasteiger partial charge in [0.1, 0.15) is 0 Å². The van der Waals surface area contributed by atoms with E-state index in [9.17, 15) is 0 Å². The van der Waals surface area contributed by atoms with Crippen molar-refractivity contribution >= 4 is 0 Å². The van der Waals surface area contributed by atoms with Crippen molar-refractivity contribution in [1.82, 2.24) is 0 Å². The quantitative estimate of drug-likeness (QED) is 0.429. The highest BCUT2D eigenvalue weighted by Crippen LogP contribution is 2.26. The highest BCUT2D eigenvalue weighted by atomic mass is 16.5. The average Bonchev–Trinajstić information content (AvgIpc) is 2.12.